The lowest BCUT2D eigenvalue weighted by Crippen LogP contribution is -2.27. The summed E-state index contributed by atoms with van der Waals surface area (Å²) in [4.78, 5) is 12.0. The first-order valence-electron chi connectivity index (χ1n) is 11.6. The van der Waals surface area contributed by atoms with Crippen molar-refractivity contribution in [2.24, 2.45) is 0 Å². The van der Waals surface area contributed by atoms with Crippen molar-refractivity contribution in [3.05, 3.63) is 66.1 Å². The Balaban J connectivity index is 1.91. The molecule has 34 heavy (non-hydrogen) atoms. The van der Waals surface area contributed by atoms with Gasteiger partial charge in [0.1, 0.15) is 11.4 Å². The highest BCUT2D eigenvalue weighted by Crippen LogP contribution is 2.38. The molecule has 2 N–H and O–H groups in total. The molecule has 3 rings (SSSR count). The lowest BCUT2D eigenvalue weighted by Gasteiger charge is -2.21. The number of hydrogen-bond donors (Lipinski definition) is 2. The number of rotatable bonds is 8. The third-order valence-electron chi connectivity index (χ3n) is 5.41. The van der Waals surface area contributed by atoms with E-state index in [0.29, 0.717) is 0 Å². The minimum Gasteiger partial charge on any atom is -0.460 e. The zero-order chi connectivity index (χ0) is 25.0. The first kappa shape index (κ1) is 25.7. The standard InChI is InChI=1S/C28H34FNO4/c1-18(2)30-24-9-7-6-8-23(24)27(19-10-12-20(29)13-11-19)25(30)15-14-21(31)16-22(32)17-26(33)34-28(3,4)5/h6-15,18,21-22,31-32H,16-17H2,1-5H3/b15-14+/t21-,22-/m1/s1/i27+2. The summed E-state index contributed by atoms with van der Waals surface area (Å²) in [5.41, 5.74) is 3.11. The van der Waals surface area contributed by atoms with Crippen LogP contribution in [0.1, 0.15) is 59.2 Å². The average Bonchev–Trinajstić information content (AvgIpc) is 3.05. The van der Waals surface area contributed by atoms with Gasteiger partial charge in [-0.15, -0.1) is 0 Å². The quantitative estimate of drug-likeness (QED) is 0.404. The van der Waals surface area contributed by atoms with E-state index in [2.05, 4.69) is 18.4 Å². The van der Waals surface area contributed by atoms with Crippen LogP contribution in [-0.4, -0.2) is 38.6 Å². The van der Waals surface area contributed by atoms with E-state index in [9.17, 15) is 19.4 Å². The molecule has 0 fully saturated rings. The van der Waals surface area contributed by atoms with Crippen molar-refractivity contribution in [1.29, 1.82) is 0 Å². The Morgan fingerprint density at radius 2 is 1.76 bits per heavy atom. The molecule has 0 aliphatic rings. The fraction of sp³-hybridized carbons (Fsp3) is 0.393. The second kappa shape index (κ2) is 10.5. The molecule has 0 amide bonds. The molecule has 3 aromatic rings. The Bertz CT molecular complexity index is 1160. The van der Waals surface area contributed by atoms with Gasteiger partial charge in [0, 0.05) is 34.6 Å². The summed E-state index contributed by atoms with van der Waals surface area (Å²) in [6, 6.07) is 14.5. The van der Waals surface area contributed by atoms with E-state index in [4.69, 9.17) is 4.74 Å². The summed E-state index contributed by atoms with van der Waals surface area (Å²) in [7, 11) is 0. The van der Waals surface area contributed by atoms with E-state index in [-0.39, 0.29) is 24.7 Å². The predicted octanol–water partition coefficient (Wildman–Crippen LogP) is 5.89. The summed E-state index contributed by atoms with van der Waals surface area (Å²) in [5.74, 6) is -0.808. The number of benzene rings is 2. The van der Waals surface area contributed by atoms with Gasteiger partial charge in [0.05, 0.1) is 18.6 Å². The molecule has 1 heterocycles. The van der Waals surface area contributed by atoms with E-state index in [0.717, 1.165) is 27.7 Å². The summed E-state index contributed by atoms with van der Waals surface area (Å²) < 4.78 is 21.0. The smallest absolute Gasteiger partial charge is 0.308 e. The van der Waals surface area contributed by atoms with Crippen LogP contribution in [0.15, 0.2) is 54.6 Å². The molecule has 2 aromatic carbocycles. The molecule has 0 spiro atoms. The van der Waals surface area contributed by atoms with Gasteiger partial charge in [-0.05, 0) is 64.5 Å². The van der Waals surface area contributed by atoms with Crippen LogP contribution in [-0.2, 0) is 9.53 Å². The second-order valence-electron chi connectivity index (χ2n) is 9.85. The van der Waals surface area contributed by atoms with E-state index in [1.807, 2.05) is 30.3 Å². The molecule has 0 bridgehead atoms. The van der Waals surface area contributed by atoms with E-state index in [1.165, 1.54) is 12.1 Å². The number of carbonyl (C=O) groups is 1. The van der Waals surface area contributed by atoms with Gasteiger partial charge in [0.25, 0.3) is 0 Å². The molecule has 182 valence electrons. The van der Waals surface area contributed by atoms with Crippen LogP contribution in [0.5, 0.6) is 0 Å². The highest BCUT2D eigenvalue weighted by atomic mass is 19.1. The van der Waals surface area contributed by atoms with Gasteiger partial charge in [-0.25, -0.2) is 4.39 Å². The number of para-hydroxylation sites is 1. The van der Waals surface area contributed by atoms with Gasteiger partial charge in [0.15, 0.2) is 0 Å². The zero-order valence-electron chi connectivity index (χ0n) is 20.5. The van der Waals surface area contributed by atoms with Gasteiger partial charge in [-0.2, -0.15) is 0 Å². The fourth-order valence-electron chi connectivity index (χ4n) is 4.14. The van der Waals surface area contributed by atoms with Crippen LogP contribution < -0.4 is 0 Å². The number of halogens is 1. The molecular formula is C28H34FNO4. The minimum atomic E-state index is -1.03. The lowest BCUT2D eigenvalue weighted by molar-refractivity contribution is -0.157. The summed E-state index contributed by atoms with van der Waals surface area (Å²) >= 11 is 0. The number of esters is 1. The van der Waals surface area contributed by atoms with Crippen molar-refractivity contribution >= 4 is 22.9 Å². The Kier molecular flexibility index (Phi) is 7.95. The fourth-order valence-corrected chi connectivity index (χ4v) is 4.14. The monoisotopic (exact) mass is 469 g/mol. The number of fused-ring (bicyclic) bond motifs is 1. The summed E-state index contributed by atoms with van der Waals surface area (Å²) in [6.45, 7) is 9.46. The van der Waals surface area contributed by atoms with Crippen LogP contribution in [0.25, 0.3) is 28.1 Å². The maximum Gasteiger partial charge on any atom is 0.308 e. The first-order chi connectivity index (χ1) is 16.0. The highest BCUT2D eigenvalue weighted by Gasteiger charge is 2.22. The molecular weight excluding hydrogens is 435 g/mol. The number of aromatic nitrogens is 1. The number of hydrogen-bond acceptors (Lipinski definition) is 4. The maximum absolute atomic E-state index is 13.6. The van der Waals surface area contributed by atoms with E-state index in [1.54, 1.807) is 39.0 Å². The Hall–Kier alpha value is -2.96. The van der Waals surface area contributed by atoms with Crippen LogP contribution in [0, 0.1) is 5.82 Å². The lowest BCUT2D eigenvalue weighted by atomic mass is 10.1. The van der Waals surface area contributed by atoms with Gasteiger partial charge >= 0.3 is 5.97 Å². The Morgan fingerprint density at radius 3 is 2.38 bits per heavy atom. The highest BCUT2D eigenvalue weighted by molar-refractivity contribution is 6.01. The largest absolute Gasteiger partial charge is 0.460 e. The SMILES string of the molecule is CC(C)n1c(/C=C/[C@@H](O)C[C@@H](O)CC(=O)OC(C)(C)C)[14c](-c2ccc(F)cc2)c2ccccc21. The van der Waals surface area contributed by atoms with E-state index >= 15 is 0 Å². The Labute approximate surface area is 200 Å². The third-order valence-corrected chi connectivity index (χ3v) is 5.41. The molecule has 5 nitrogen and oxygen atoms in total. The number of nitrogens with zero attached hydrogens (tertiary/aromatic N) is 1. The molecule has 0 saturated carbocycles. The first-order valence-corrected chi connectivity index (χ1v) is 11.6. The van der Waals surface area contributed by atoms with Gasteiger partial charge in [0.2, 0.25) is 0 Å². The molecule has 1 aromatic heterocycles. The number of aliphatic hydroxyl groups excluding tert-OH is 2. The van der Waals surface area contributed by atoms with Gasteiger partial charge in [-0.1, -0.05) is 36.4 Å². The summed E-state index contributed by atoms with van der Waals surface area (Å²) in [6.07, 6.45) is 1.29. The second-order valence-corrected chi connectivity index (χ2v) is 9.85. The van der Waals surface area contributed by atoms with Crippen LogP contribution in [0.3, 0.4) is 0 Å². The predicted molar refractivity (Wildman–Crippen MR) is 134 cm³/mol. The van der Waals surface area contributed by atoms with Crippen LogP contribution >= 0.6 is 0 Å². The molecule has 0 unspecified atom stereocenters. The maximum atomic E-state index is 13.6. The molecule has 6 heteroatoms. The average molecular weight is 470 g/mol. The molecule has 0 aliphatic heterocycles. The number of aliphatic hydroxyl groups is 2. The van der Waals surface area contributed by atoms with Gasteiger partial charge in [-0.3, -0.25) is 4.79 Å². The third kappa shape index (κ3) is 6.33. The molecule has 0 aliphatic carbocycles. The molecule has 2 atom stereocenters. The van der Waals surface area contributed by atoms with Gasteiger partial charge < -0.3 is 19.5 Å². The topological polar surface area (TPSA) is 71.7 Å². The van der Waals surface area contributed by atoms with Crippen molar-refractivity contribution in [1.82, 2.24) is 4.57 Å². The van der Waals surface area contributed by atoms with E-state index < -0.39 is 23.8 Å². The number of carbonyl (C=O) groups excluding carboxylic acids is 1. The van der Waals surface area contributed by atoms with Crippen LogP contribution in [0.4, 0.5) is 4.39 Å². The Morgan fingerprint density at radius 1 is 1.12 bits per heavy atom. The minimum absolute atomic E-state index is 0.00350. The zero-order valence-corrected chi connectivity index (χ0v) is 20.5. The normalized spacial score (nSPS) is 14.1. The van der Waals surface area contributed by atoms with Crippen molar-refractivity contribution in [3.8, 4) is 11.1 Å². The van der Waals surface area contributed by atoms with Crippen molar-refractivity contribution in [2.75, 3.05) is 0 Å². The van der Waals surface area contributed by atoms with Crippen molar-refractivity contribution in [3.63, 3.8) is 0 Å². The molecule has 0 saturated heterocycles. The summed E-state index contributed by atoms with van der Waals surface area (Å²) in [5, 5.41) is 21.9. The molecule has 0 radical (unpaired) electrons. The van der Waals surface area contributed by atoms with Crippen molar-refractivity contribution < 1.29 is 24.1 Å². The number of ether oxygens (including phenoxy) is 1. The van der Waals surface area contributed by atoms with Crippen LogP contribution in [0.2, 0.25) is 0 Å². The van der Waals surface area contributed by atoms with Crippen molar-refractivity contribution in [2.45, 2.75) is 71.3 Å².